The molecule has 0 aliphatic carbocycles. The standard InChI is InChI=1S/C15H22BrClN2O/c1-20-10-11-4-6-19(7-5-11)15(9-18)13-8-12(17)2-3-14(13)16/h2-3,8,11,15H,4-7,9-10,18H2,1H3. The molecule has 20 heavy (non-hydrogen) atoms. The lowest BCUT2D eigenvalue weighted by molar-refractivity contribution is 0.0809. The molecule has 1 aromatic rings. The summed E-state index contributed by atoms with van der Waals surface area (Å²) in [6.07, 6.45) is 2.34. The molecule has 0 radical (unpaired) electrons. The SMILES string of the molecule is COCC1CCN(C(CN)c2cc(Cl)ccc2Br)CC1. The number of benzene rings is 1. The summed E-state index contributed by atoms with van der Waals surface area (Å²) in [7, 11) is 1.78. The molecule has 0 bridgehead atoms. The van der Waals surface area contributed by atoms with Crippen LogP contribution in [0.1, 0.15) is 24.4 Å². The molecule has 1 unspecified atom stereocenters. The number of piperidine rings is 1. The van der Waals surface area contributed by atoms with Crippen molar-refractivity contribution >= 4 is 27.5 Å². The third kappa shape index (κ3) is 3.95. The van der Waals surface area contributed by atoms with Crippen molar-refractivity contribution in [2.24, 2.45) is 11.7 Å². The Bertz CT molecular complexity index is 436. The van der Waals surface area contributed by atoms with E-state index < -0.39 is 0 Å². The molecule has 1 heterocycles. The summed E-state index contributed by atoms with van der Waals surface area (Å²) in [4.78, 5) is 2.46. The fraction of sp³-hybridized carbons (Fsp3) is 0.600. The van der Waals surface area contributed by atoms with E-state index in [1.165, 1.54) is 18.4 Å². The van der Waals surface area contributed by atoms with Crippen molar-refractivity contribution in [3.05, 3.63) is 33.3 Å². The molecule has 5 heteroatoms. The molecule has 1 fully saturated rings. The first-order valence-electron chi connectivity index (χ1n) is 7.03. The summed E-state index contributed by atoms with van der Waals surface area (Å²) in [6.45, 7) is 3.60. The molecular weight excluding hydrogens is 340 g/mol. The second kappa shape index (κ2) is 7.76. The lowest BCUT2D eigenvalue weighted by atomic mass is 9.95. The van der Waals surface area contributed by atoms with Crippen molar-refractivity contribution < 1.29 is 4.74 Å². The fourth-order valence-corrected chi connectivity index (χ4v) is 3.60. The third-order valence-corrected chi connectivity index (χ3v) is 4.99. The molecule has 0 saturated carbocycles. The molecule has 1 atom stereocenters. The van der Waals surface area contributed by atoms with Gasteiger partial charge in [0.25, 0.3) is 0 Å². The minimum absolute atomic E-state index is 0.228. The second-order valence-electron chi connectivity index (χ2n) is 5.35. The number of nitrogens with two attached hydrogens (primary N) is 1. The number of hydrogen-bond acceptors (Lipinski definition) is 3. The summed E-state index contributed by atoms with van der Waals surface area (Å²) in [5, 5.41) is 0.760. The second-order valence-corrected chi connectivity index (χ2v) is 6.64. The van der Waals surface area contributed by atoms with Gasteiger partial charge in [-0.05, 0) is 55.6 Å². The molecule has 2 N–H and O–H groups in total. The number of rotatable bonds is 5. The van der Waals surface area contributed by atoms with Crippen LogP contribution in [0.25, 0.3) is 0 Å². The van der Waals surface area contributed by atoms with Crippen LogP contribution in [-0.4, -0.2) is 38.3 Å². The number of likely N-dealkylation sites (tertiary alicyclic amines) is 1. The van der Waals surface area contributed by atoms with Crippen LogP contribution >= 0.6 is 27.5 Å². The zero-order valence-corrected chi connectivity index (χ0v) is 14.2. The Kier molecular flexibility index (Phi) is 6.30. The largest absolute Gasteiger partial charge is 0.384 e. The van der Waals surface area contributed by atoms with Gasteiger partial charge in [0.2, 0.25) is 0 Å². The molecule has 112 valence electrons. The lowest BCUT2D eigenvalue weighted by Crippen LogP contribution is -2.40. The average Bonchev–Trinajstić information content (AvgIpc) is 2.45. The van der Waals surface area contributed by atoms with E-state index in [9.17, 15) is 0 Å². The van der Waals surface area contributed by atoms with E-state index in [0.717, 1.165) is 29.2 Å². The van der Waals surface area contributed by atoms with Gasteiger partial charge in [-0.1, -0.05) is 27.5 Å². The van der Waals surface area contributed by atoms with Crippen molar-refractivity contribution in [2.45, 2.75) is 18.9 Å². The summed E-state index contributed by atoms with van der Waals surface area (Å²) in [5.74, 6) is 0.678. The van der Waals surface area contributed by atoms with E-state index in [0.29, 0.717) is 12.5 Å². The van der Waals surface area contributed by atoms with Crippen LogP contribution in [-0.2, 0) is 4.74 Å². The summed E-state index contributed by atoms with van der Waals surface area (Å²) >= 11 is 9.74. The Morgan fingerprint density at radius 2 is 2.15 bits per heavy atom. The van der Waals surface area contributed by atoms with E-state index in [4.69, 9.17) is 22.1 Å². The number of hydrogen-bond donors (Lipinski definition) is 1. The van der Waals surface area contributed by atoms with Gasteiger partial charge in [-0.2, -0.15) is 0 Å². The molecule has 0 amide bonds. The van der Waals surface area contributed by atoms with E-state index in [2.05, 4.69) is 20.8 Å². The van der Waals surface area contributed by atoms with Gasteiger partial charge in [0.15, 0.2) is 0 Å². The van der Waals surface area contributed by atoms with Gasteiger partial charge in [-0.3, -0.25) is 4.90 Å². The van der Waals surface area contributed by atoms with Gasteiger partial charge >= 0.3 is 0 Å². The maximum absolute atomic E-state index is 6.12. The van der Waals surface area contributed by atoms with Crippen LogP contribution in [0, 0.1) is 5.92 Å². The first-order chi connectivity index (χ1) is 9.65. The molecule has 1 aliphatic rings. The Balaban J connectivity index is 2.07. The quantitative estimate of drug-likeness (QED) is 0.873. The highest BCUT2D eigenvalue weighted by Crippen LogP contribution is 2.32. The predicted molar refractivity (Wildman–Crippen MR) is 87.1 cm³/mol. The fourth-order valence-electron chi connectivity index (χ4n) is 2.91. The lowest BCUT2D eigenvalue weighted by Gasteiger charge is -2.37. The molecule has 0 spiro atoms. The van der Waals surface area contributed by atoms with Crippen molar-refractivity contribution in [2.75, 3.05) is 33.4 Å². The molecule has 1 aliphatic heterocycles. The van der Waals surface area contributed by atoms with Gasteiger partial charge in [-0.15, -0.1) is 0 Å². The smallest absolute Gasteiger partial charge is 0.0491 e. The Morgan fingerprint density at radius 3 is 2.75 bits per heavy atom. The Labute approximate surface area is 134 Å². The van der Waals surface area contributed by atoms with Gasteiger partial charge in [0, 0.05) is 35.8 Å². The third-order valence-electron chi connectivity index (χ3n) is 4.03. The zero-order valence-electron chi connectivity index (χ0n) is 11.8. The first-order valence-corrected chi connectivity index (χ1v) is 8.20. The molecular formula is C15H22BrClN2O. The summed E-state index contributed by atoms with van der Waals surface area (Å²) in [5.41, 5.74) is 7.20. The number of ether oxygens (including phenoxy) is 1. The van der Waals surface area contributed by atoms with Crippen molar-refractivity contribution in [3.63, 3.8) is 0 Å². The molecule has 1 aromatic carbocycles. The van der Waals surface area contributed by atoms with E-state index in [-0.39, 0.29) is 6.04 Å². The normalized spacial score (nSPS) is 19.2. The van der Waals surface area contributed by atoms with Crippen LogP contribution < -0.4 is 5.73 Å². The van der Waals surface area contributed by atoms with Gasteiger partial charge < -0.3 is 10.5 Å². The van der Waals surface area contributed by atoms with Gasteiger partial charge in [0.1, 0.15) is 0 Å². The highest BCUT2D eigenvalue weighted by atomic mass is 79.9. The average molecular weight is 362 g/mol. The summed E-state index contributed by atoms with van der Waals surface area (Å²) < 4.78 is 6.33. The molecule has 1 saturated heterocycles. The number of methoxy groups -OCH3 is 1. The van der Waals surface area contributed by atoms with Crippen molar-refractivity contribution in [1.29, 1.82) is 0 Å². The van der Waals surface area contributed by atoms with E-state index >= 15 is 0 Å². The van der Waals surface area contributed by atoms with Crippen molar-refractivity contribution in [3.8, 4) is 0 Å². The summed E-state index contributed by atoms with van der Waals surface area (Å²) in [6, 6.07) is 6.14. The first kappa shape index (κ1) is 16.2. The molecule has 3 nitrogen and oxygen atoms in total. The van der Waals surface area contributed by atoms with Crippen LogP contribution in [0.15, 0.2) is 22.7 Å². The maximum Gasteiger partial charge on any atom is 0.0491 e. The topological polar surface area (TPSA) is 38.5 Å². The number of nitrogens with zero attached hydrogens (tertiary/aromatic N) is 1. The monoisotopic (exact) mass is 360 g/mol. The zero-order chi connectivity index (χ0) is 14.5. The highest BCUT2D eigenvalue weighted by Gasteiger charge is 2.26. The maximum atomic E-state index is 6.12. The highest BCUT2D eigenvalue weighted by molar-refractivity contribution is 9.10. The van der Waals surface area contributed by atoms with E-state index in [1.54, 1.807) is 7.11 Å². The van der Waals surface area contributed by atoms with Crippen molar-refractivity contribution in [1.82, 2.24) is 4.90 Å². The van der Waals surface area contributed by atoms with Crippen LogP contribution in [0.3, 0.4) is 0 Å². The van der Waals surface area contributed by atoms with E-state index in [1.807, 2.05) is 18.2 Å². The van der Waals surface area contributed by atoms with Crippen LogP contribution in [0.2, 0.25) is 5.02 Å². The number of halogens is 2. The predicted octanol–water partition coefficient (Wildman–Crippen LogP) is 3.46. The Hall–Kier alpha value is -0.130. The molecule has 2 rings (SSSR count). The Morgan fingerprint density at radius 1 is 1.45 bits per heavy atom. The minimum atomic E-state index is 0.228. The van der Waals surface area contributed by atoms with Gasteiger partial charge in [0.05, 0.1) is 0 Å². The van der Waals surface area contributed by atoms with Gasteiger partial charge in [-0.25, -0.2) is 0 Å². The minimum Gasteiger partial charge on any atom is -0.384 e. The van der Waals surface area contributed by atoms with Crippen LogP contribution in [0.5, 0.6) is 0 Å². The molecule has 0 aromatic heterocycles. The van der Waals surface area contributed by atoms with Crippen LogP contribution in [0.4, 0.5) is 0 Å².